The largest absolute Gasteiger partial charge is 0.362 e. The van der Waals surface area contributed by atoms with E-state index in [0.717, 1.165) is 66.8 Å². The molecule has 5 rings (SSSR count). The minimum Gasteiger partial charge on any atom is -0.362 e. The van der Waals surface area contributed by atoms with Crippen molar-refractivity contribution in [1.29, 1.82) is 0 Å². The zero-order valence-electron chi connectivity index (χ0n) is 21.7. The summed E-state index contributed by atoms with van der Waals surface area (Å²) in [6.07, 6.45) is 7.60. The predicted molar refractivity (Wildman–Crippen MR) is 151 cm³/mol. The number of fused-ring (bicyclic) bond motifs is 1. The number of hydrogen-bond acceptors (Lipinski definition) is 4. The summed E-state index contributed by atoms with van der Waals surface area (Å²) in [5.41, 5.74) is 4.35. The summed E-state index contributed by atoms with van der Waals surface area (Å²) in [6.45, 7) is 3.56. The molecule has 2 amide bonds. The van der Waals surface area contributed by atoms with Gasteiger partial charge in [0.25, 0.3) is 0 Å². The van der Waals surface area contributed by atoms with Crippen molar-refractivity contribution in [2.45, 2.75) is 70.5 Å². The first-order valence-corrected chi connectivity index (χ1v) is 14.5. The van der Waals surface area contributed by atoms with Crippen LogP contribution in [-0.2, 0) is 22.6 Å². The van der Waals surface area contributed by atoms with E-state index in [-0.39, 0.29) is 24.4 Å². The number of nitrogens with zero attached hydrogens (tertiary/aromatic N) is 2. The Labute approximate surface area is 224 Å². The Morgan fingerprint density at radius 1 is 1.00 bits per heavy atom. The molecule has 1 aromatic heterocycles. The molecule has 2 aromatic carbocycles. The number of amides is 2. The molecule has 6 heteroatoms. The molecular weight excluding hydrogens is 478 g/mol. The average molecular weight is 516 g/mol. The fourth-order valence-corrected chi connectivity index (χ4v) is 6.50. The molecule has 1 saturated carbocycles. The lowest BCUT2D eigenvalue weighted by molar-refractivity contribution is -0.141. The van der Waals surface area contributed by atoms with Crippen LogP contribution in [0.3, 0.4) is 0 Å². The third-order valence-electron chi connectivity index (χ3n) is 7.75. The van der Waals surface area contributed by atoms with Crippen LogP contribution in [0.2, 0.25) is 0 Å². The van der Waals surface area contributed by atoms with Crippen LogP contribution in [0, 0.1) is 6.92 Å². The molecule has 0 radical (unpaired) electrons. The van der Waals surface area contributed by atoms with Gasteiger partial charge in [-0.1, -0.05) is 67.8 Å². The van der Waals surface area contributed by atoms with Gasteiger partial charge in [0, 0.05) is 23.2 Å². The molecule has 1 aliphatic heterocycles. The van der Waals surface area contributed by atoms with Crippen LogP contribution in [0.5, 0.6) is 0 Å². The van der Waals surface area contributed by atoms with Gasteiger partial charge in [-0.2, -0.15) is 0 Å². The van der Waals surface area contributed by atoms with E-state index in [1.165, 1.54) is 12.0 Å². The summed E-state index contributed by atoms with van der Waals surface area (Å²) in [5, 5.41) is 5.37. The molecule has 2 heterocycles. The number of aryl methyl sites for hydroxylation is 2. The maximum Gasteiger partial charge on any atom is 0.247 e. The van der Waals surface area contributed by atoms with Crippen LogP contribution >= 0.6 is 11.3 Å². The minimum atomic E-state index is -0.669. The number of carbonyl (C=O) groups is 2. The molecule has 1 fully saturated rings. The normalized spacial score (nSPS) is 16.6. The molecule has 1 aliphatic carbocycles. The van der Waals surface area contributed by atoms with Crippen LogP contribution in [0.15, 0.2) is 66.0 Å². The molecule has 1 N–H and O–H groups in total. The van der Waals surface area contributed by atoms with Crippen molar-refractivity contribution in [2.75, 3.05) is 18.0 Å². The zero-order valence-corrected chi connectivity index (χ0v) is 22.5. The molecule has 5 nitrogen and oxygen atoms in total. The van der Waals surface area contributed by atoms with Crippen LogP contribution < -0.4 is 10.2 Å². The highest BCUT2D eigenvalue weighted by molar-refractivity contribution is 7.09. The Hall–Kier alpha value is -3.12. The number of anilines is 1. The lowest BCUT2D eigenvalue weighted by Crippen LogP contribution is -2.49. The molecular formula is C31H37N3O2S. The van der Waals surface area contributed by atoms with Crippen molar-refractivity contribution < 1.29 is 9.59 Å². The van der Waals surface area contributed by atoms with Gasteiger partial charge in [0.15, 0.2) is 0 Å². The first-order chi connectivity index (χ1) is 18.1. The minimum absolute atomic E-state index is 0.0165. The van der Waals surface area contributed by atoms with Gasteiger partial charge in [-0.25, -0.2) is 0 Å². The van der Waals surface area contributed by atoms with E-state index in [1.54, 1.807) is 11.3 Å². The highest BCUT2D eigenvalue weighted by Crippen LogP contribution is 2.31. The number of thiophene rings is 1. The second kappa shape index (κ2) is 12.0. The predicted octanol–water partition coefficient (Wildman–Crippen LogP) is 6.03. The molecule has 0 bridgehead atoms. The van der Waals surface area contributed by atoms with Gasteiger partial charge in [-0.15, -0.1) is 11.3 Å². The lowest BCUT2D eigenvalue weighted by Gasteiger charge is -2.37. The maximum absolute atomic E-state index is 14.2. The second-order valence-electron chi connectivity index (χ2n) is 10.4. The van der Waals surface area contributed by atoms with Crippen molar-refractivity contribution in [3.63, 3.8) is 0 Å². The standard InChI is InChI=1S/C31H37N3O2S/c1-23-11-5-7-17-27(23)30(31(36)32-25-14-3-2-4-15-25)34(21-26-16-10-20-37-26)29(35)22-33-19-9-13-24-12-6-8-18-28(24)33/h5-8,10-12,16-18,20,25,30H,2-4,9,13-15,19,21-22H2,1H3,(H,32,36). The molecule has 1 unspecified atom stereocenters. The fourth-order valence-electron chi connectivity index (χ4n) is 5.80. The molecule has 3 aromatic rings. The summed E-state index contributed by atoms with van der Waals surface area (Å²) >= 11 is 1.63. The van der Waals surface area contributed by atoms with E-state index in [9.17, 15) is 9.59 Å². The zero-order chi connectivity index (χ0) is 25.6. The topological polar surface area (TPSA) is 52.7 Å². The summed E-state index contributed by atoms with van der Waals surface area (Å²) in [5.74, 6) is -0.0812. The Balaban J connectivity index is 1.48. The number of hydrogen-bond donors (Lipinski definition) is 1. The lowest BCUT2D eigenvalue weighted by atomic mass is 9.94. The SMILES string of the molecule is Cc1ccccc1C(C(=O)NC1CCCCC1)N(Cc1cccs1)C(=O)CN1CCCc2ccccc21. The first kappa shape index (κ1) is 25.5. The van der Waals surface area contributed by atoms with Gasteiger partial charge in [0.2, 0.25) is 11.8 Å². The number of carbonyl (C=O) groups excluding carboxylic acids is 2. The van der Waals surface area contributed by atoms with Crippen molar-refractivity contribution in [1.82, 2.24) is 10.2 Å². The Bertz CT molecular complexity index is 1200. The van der Waals surface area contributed by atoms with Crippen LogP contribution in [0.25, 0.3) is 0 Å². The number of benzene rings is 2. The highest BCUT2D eigenvalue weighted by Gasteiger charge is 2.35. The summed E-state index contributed by atoms with van der Waals surface area (Å²) in [7, 11) is 0. The number of nitrogens with one attached hydrogen (secondary N) is 1. The van der Waals surface area contributed by atoms with E-state index in [1.807, 2.05) is 53.6 Å². The van der Waals surface area contributed by atoms with Crippen molar-refractivity contribution in [2.24, 2.45) is 0 Å². The van der Waals surface area contributed by atoms with E-state index in [0.29, 0.717) is 6.54 Å². The molecule has 2 aliphatic rings. The Morgan fingerprint density at radius 2 is 1.78 bits per heavy atom. The summed E-state index contributed by atoms with van der Waals surface area (Å²) in [6, 6.07) is 19.9. The summed E-state index contributed by atoms with van der Waals surface area (Å²) in [4.78, 5) is 33.3. The second-order valence-corrected chi connectivity index (χ2v) is 11.4. The maximum atomic E-state index is 14.2. The molecule has 194 valence electrons. The van der Waals surface area contributed by atoms with E-state index >= 15 is 0 Å². The smallest absolute Gasteiger partial charge is 0.247 e. The highest BCUT2D eigenvalue weighted by atomic mass is 32.1. The van der Waals surface area contributed by atoms with E-state index in [4.69, 9.17) is 0 Å². The van der Waals surface area contributed by atoms with Crippen LogP contribution in [0.1, 0.15) is 66.1 Å². The average Bonchev–Trinajstić information content (AvgIpc) is 3.43. The molecule has 0 saturated heterocycles. The van der Waals surface area contributed by atoms with Gasteiger partial charge in [-0.05, 0) is 66.8 Å². The monoisotopic (exact) mass is 515 g/mol. The van der Waals surface area contributed by atoms with Crippen molar-refractivity contribution in [3.05, 3.63) is 87.6 Å². The third-order valence-corrected chi connectivity index (χ3v) is 8.61. The van der Waals surface area contributed by atoms with Gasteiger partial charge in [-0.3, -0.25) is 9.59 Å². The van der Waals surface area contributed by atoms with Gasteiger partial charge in [0.05, 0.1) is 13.1 Å². The van der Waals surface area contributed by atoms with Gasteiger partial charge < -0.3 is 15.1 Å². The Morgan fingerprint density at radius 3 is 2.57 bits per heavy atom. The first-order valence-electron chi connectivity index (χ1n) is 13.6. The molecule has 1 atom stereocenters. The van der Waals surface area contributed by atoms with Crippen molar-refractivity contribution >= 4 is 28.8 Å². The number of rotatable bonds is 8. The van der Waals surface area contributed by atoms with Crippen LogP contribution in [0.4, 0.5) is 5.69 Å². The molecule has 0 spiro atoms. The van der Waals surface area contributed by atoms with Gasteiger partial charge >= 0.3 is 0 Å². The third kappa shape index (κ3) is 6.07. The van der Waals surface area contributed by atoms with E-state index in [2.05, 4.69) is 34.5 Å². The Kier molecular flexibility index (Phi) is 8.24. The quantitative estimate of drug-likeness (QED) is 0.399. The molecule has 37 heavy (non-hydrogen) atoms. The summed E-state index contributed by atoms with van der Waals surface area (Å²) < 4.78 is 0. The van der Waals surface area contributed by atoms with Crippen molar-refractivity contribution in [3.8, 4) is 0 Å². The number of para-hydroxylation sites is 1. The fraction of sp³-hybridized carbons (Fsp3) is 0.419. The van der Waals surface area contributed by atoms with Gasteiger partial charge in [0.1, 0.15) is 6.04 Å². The van der Waals surface area contributed by atoms with E-state index < -0.39 is 6.04 Å². The van der Waals surface area contributed by atoms with Crippen LogP contribution in [-0.4, -0.2) is 35.8 Å².